The number of hydrogen-bond donors (Lipinski definition) is 2. The van der Waals surface area contributed by atoms with Crippen molar-refractivity contribution in [3.05, 3.63) is 53.9 Å². The van der Waals surface area contributed by atoms with Gasteiger partial charge in [0.2, 0.25) is 5.79 Å². The van der Waals surface area contributed by atoms with Crippen LogP contribution < -0.4 is 0 Å². The summed E-state index contributed by atoms with van der Waals surface area (Å²) in [5, 5.41) is 35.2. The number of fused-ring (bicyclic) bond motifs is 3. The van der Waals surface area contributed by atoms with Crippen molar-refractivity contribution in [1.82, 2.24) is 25.1 Å². The number of ketones is 3. The fourth-order valence-corrected chi connectivity index (χ4v) is 10.8. The summed E-state index contributed by atoms with van der Waals surface area (Å²) < 4.78 is 31.6. The molecule has 1 aromatic rings. The third kappa shape index (κ3) is 14.2. The van der Waals surface area contributed by atoms with Gasteiger partial charge in [0, 0.05) is 58.5 Å². The quantitative estimate of drug-likeness (QED) is 0.235. The molecule has 0 spiro atoms. The van der Waals surface area contributed by atoms with Gasteiger partial charge >= 0.3 is 5.97 Å². The minimum absolute atomic E-state index is 0.0197. The van der Waals surface area contributed by atoms with Crippen LogP contribution in [-0.2, 0) is 47.7 Å². The maximum absolute atomic E-state index is 14.5. The van der Waals surface area contributed by atoms with Crippen molar-refractivity contribution in [2.75, 3.05) is 27.9 Å². The van der Waals surface area contributed by atoms with Crippen LogP contribution in [-0.4, -0.2) is 141 Å². The first-order chi connectivity index (χ1) is 32.8. The first kappa shape index (κ1) is 55.7. The van der Waals surface area contributed by atoms with Crippen molar-refractivity contribution in [3.8, 4) is 0 Å². The molecule has 1 saturated carbocycles. The third-order valence-corrected chi connectivity index (χ3v) is 15.2. The lowest BCUT2D eigenvalue weighted by molar-refractivity contribution is -0.265. The number of nitrogens with zero attached hydrogens (tertiary/aromatic N) is 5. The van der Waals surface area contributed by atoms with Crippen molar-refractivity contribution in [2.45, 2.75) is 180 Å². The number of rotatable bonds is 7. The Morgan fingerprint density at radius 3 is 2.33 bits per heavy atom. The molecule has 2 N–H and O–H groups in total. The van der Waals surface area contributed by atoms with E-state index in [9.17, 15) is 34.2 Å². The molecule has 3 fully saturated rings. The molecule has 17 heteroatoms. The molecule has 5 rings (SSSR count). The Bertz CT molecular complexity index is 2020. The number of tetrazole rings is 1. The number of cyclic esters (lactones) is 1. The van der Waals surface area contributed by atoms with Gasteiger partial charge in [-0.3, -0.25) is 19.2 Å². The number of aromatic nitrogens is 4. The van der Waals surface area contributed by atoms with E-state index < -0.39 is 77.8 Å². The Balaban J connectivity index is 1.46. The molecule has 4 aliphatic rings. The van der Waals surface area contributed by atoms with E-state index >= 15 is 0 Å². The minimum Gasteiger partial charge on any atom is -0.460 e. The Kier molecular flexibility index (Phi) is 20.8. The number of Topliss-reactive ketones (excluding diaryl/α,β-unsaturated/α-hetero) is 3. The minimum atomic E-state index is -2.43. The number of aliphatic hydroxyl groups excluding tert-OH is 1. The molecule has 69 heavy (non-hydrogen) atoms. The Morgan fingerprint density at radius 1 is 0.899 bits per heavy atom. The van der Waals surface area contributed by atoms with Gasteiger partial charge in [-0.05, 0) is 117 Å². The van der Waals surface area contributed by atoms with Crippen LogP contribution in [0.1, 0.15) is 132 Å². The number of piperidine rings is 1. The summed E-state index contributed by atoms with van der Waals surface area (Å²) in [7, 11) is 4.63. The Labute approximate surface area is 408 Å². The molecule has 7 unspecified atom stereocenters. The Morgan fingerprint density at radius 2 is 1.65 bits per heavy atom. The number of amides is 1. The van der Waals surface area contributed by atoms with Gasteiger partial charge < -0.3 is 38.8 Å². The molecule has 0 radical (unpaired) electrons. The van der Waals surface area contributed by atoms with Gasteiger partial charge in [0.1, 0.15) is 24.6 Å². The van der Waals surface area contributed by atoms with Gasteiger partial charge in [0.15, 0.2) is 11.6 Å². The summed E-state index contributed by atoms with van der Waals surface area (Å²) in [4.78, 5) is 72.3. The van der Waals surface area contributed by atoms with Crippen LogP contribution in [0.4, 0.5) is 0 Å². The van der Waals surface area contributed by atoms with Crippen molar-refractivity contribution < 1.29 is 57.9 Å². The van der Waals surface area contributed by atoms with Gasteiger partial charge in [-0.15, -0.1) is 5.10 Å². The maximum atomic E-state index is 14.5. The highest BCUT2D eigenvalue weighted by molar-refractivity contribution is 6.39. The lowest BCUT2D eigenvalue weighted by Crippen LogP contribution is -2.61. The molecule has 384 valence electrons. The van der Waals surface area contributed by atoms with E-state index in [4.69, 9.17) is 23.7 Å². The molecule has 15 atom stereocenters. The SMILES string of the molecule is COC1C(=O)C(C)C[C@H](C)C=CC=CC=C(C)[C@@H](OC)CC2CC[C@@H](C)[C@@](O)(O2)C(=O)C(=O)N2CCCCC2C(=O)O[C@H]([C@H](C)CC2CC[C@H](n3cnnn3)C(OC)C2)CC(=O)C(C)=CC(C)[C@H]1O. The second-order valence-electron chi connectivity index (χ2n) is 20.4. The first-order valence-electron chi connectivity index (χ1n) is 25.0. The fraction of sp³-hybridized carbons (Fsp3) is 0.731. The zero-order valence-electron chi connectivity index (χ0n) is 42.5. The van der Waals surface area contributed by atoms with Gasteiger partial charge in [0.05, 0.1) is 30.5 Å². The predicted octanol–water partition coefficient (Wildman–Crippen LogP) is 6.05. The smallest absolute Gasteiger partial charge is 0.329 e. The summed E-state index contributed by atoms with van der Waals surface area (Å²) in [6.45, 7) is 12.8. The van der Waals surface area contributed by atoms with Crippen LogP contribution in [0.5, 0.6) is 0 Å². The average Bonchev–Trinajstić information content (AvgIpc) is 3.88. The summed E-state index contributed by atoms with van der Waals surface area (Å²) in [5.74, 6) is -7.89. The zero-order chi connectivity index (χ0) is 50.6. The molecule has 4 heterocycles. The molecule has 1 amide bonds. The molecule has 2 saturated heterocycles. The topological polar surface area (TPSA) is 219 Å². The van der Waals surface area contributed by atoms with Crippen molar-refractivity contribution >= 4 is 29.2 Å². The molecule has 2 bridgehead atoms. The summed E-state index contributed by atoms with van der Waals surface area (Å²) >= 11 is 0. The van der Waals surface area contributed by atoms with Gasteiger partial charge in [-0.1, -0.05) is 71.1 Å². The van der Waals surface area contributed by atoms with Gasteiger partial charge in [0.25, 0.3) is 11.7 Å². The summed E-state index contributed by atoms with van der Waals surface area (Å²) in [6, 6.07) is -1.20. The van der Waals surface area contributed by atoms with E-state index in [0.717, 1.165) is 18.4 Å². The highest BCUT2D eigenvalue weighted by Crippen LogP contribution is 2.39. The van der Waals surface area contributed by atoms with Gasteiger partial charge in [-0.2, -0.15) is 0 Å². The number of allylic oxidation sites excluding steroid dienone is 6. The van der Waals surface area contributed by atoms with E-state index in [1.807, 2.05) is 58.1 Å². The van der Waals surface area contributed by atoms with Gasteiger partial charge in [-0.25, -0.2) is 9.48 Å². The average molecular weight is 966 g/mol. The van der Waals surface area contributed by atoms with E-state index in [-0.39, 0.29) is 60.9 Å². The zero-order valence-corrected chi connectivity index (χ0v) is 42.5. The van der Waals surface area contributed by atoms with Crippen molar-refractivity contribution in [3.63, 3.8) is 0 Å². The molecule has 1 aliphatic carbocycles. The normalized spacial score (nSPS) is 36.3. The van der Waals surface area contributed by atoms with E-state index in [1.165, 1.54) is 12.0 Å². The second-order valence-corrected chi connectivity index (χ2v) is 20.4. The number of hydrogen-bond acceptors (Lipinski definition) is 15. The van der Waals surface area contributed by atoms with Crippen LogP contribution in [0.2, 0.25) is 0 Å². The maximum Gasteiger partial charge on any atom is 0.329 e. The molecule has 1 aromatic heterocycles. The lowest BCUT2D eigenvalue weighted by atomic mass is 9.77. The second kappa shape index (κ2) is 25.7. The van der Waals surface area contributed by atoms with E-state index in [2.05, 4.69) is 15.5 Å². The fourth-order valence-electron chi connectivity index (χ4n) is 10.8. The number of ether oxygens (including phenoxy) is 5. The largest absolute Gasteiger partial charge is 0.460 e. The van der Waals surface area contributed by atoms with Crippen molar-refractivity contribution in [2.24, 2.45) is 35.5 Å². The number of aliphatic hydroxyl groups is 2. The van der Waals surface area contributed by atoms with E-state index in [0.29, 0.717) is 56.9 Å². The molecular weight excluding hydrogens is 887 g/mol. The number of methoxy groups -OCH3 is 3. The van der Waals surface area contributed by atoms with E-state index in [1.54, 1.807) is 52.1 Å². The molecule has 17 nitrogen and oxygen atoms in total. The lowest BCUT2D eigenvalue weighted by Gasteiger charge is -2.42. The Hall–Kier alpha value is -4.26. The van der Waals surface area contributed by atoms with Crippen LogP contribution in [0.15, 0.2) is 53.9 Å². The highest BCUT2D eigenvalue weighted by Gasteiger charge is 2.53. The number of esters is 1. The van der Waals surface area contributed by atoms with Crippen LogP contribution in [0, 0.1) is 35.5 Å². The molecule has 0 aromatic carbocycles. The summed E-state index contributed by atoms with van der Waals surface area (Å²) in [5.41, 5.74) is 1.20. The first-order valence-corrected chi connectivity index (χ1v) is 25.0. The standard InChI is InChI=1S/C52H79N5O12/c1-31-16-12-11-13-17-32(2)43(65-8)28-39-21-19-37(7)52(64,69-39)49(61)50(62)56-23-15-14-18-41(56)51(63)68-44(34(4)26-38-20-22-40(45(27-38)66-9)57-30-53-54-55-57)29-42(58)33(3)25-36(6)47(60)48(67-10)46(59)35(5)24-31/h11-13,16-17,25,30-31,34-41,43-45,47-48,60,64H,14-15,18-24,26-29H2,1-10H3/t31-,34-,35?,36?,37-,38?,39?,40+,41?,43+,44+,45?,47-,48?,52-/m1/s1. The monoisotopic (exact) mass is 966 g/mol. The number of carbonyl (C=O) groups is 5. The molecule has 3 aliphatic heterocycles. The number of carbonyl (C=O) groups excluding carboxylic acids is 5. The summed E-state index contributed by atoms with van der Waals surface area (Å²) in [6.07, 6.45) is 14.0. The third-order valence-electron chi connectivity index (χ3n) is 15.2. The van der Waals surface area contributed by atoms with Crippen LogP contribution >= 0.6 is 0 Å². The predicted molar refractivity (Wildman–Crippen MR) is 256 cm³/mol. The molecular formula is C52H79N5O12. The van der Waals surface area contributed by atoms with Crippen LogP contribution in [0.25, 0.3) is 0 Å². The highest BCUT2D eigenvalue weighted by atomic mass is 16.6. The van der Waals surface area contributed by atoms with Crippen molar-refractivity contribution in [1.29, 1.82) is 0 Å². The van der Waals surface area contributed by atoms with Crippen LogP contribution in [0.3, 0.4) is 0 Å².